The molecule has 0 unspecified atom stereocenters. The van der Waals surface area contributed by atoms with Gasteiger partial charge in [-0.05, 0) is 0 Å². The molecule has 0 bridgehead atoms. The zero-order chi connectivity index (χ0) is 8.48. The third-order valence-corrected chi connectivity index (χ3v) is 1.79. The Morgan fingerprint density at radius 1 is 1.36 bits per heavy atom. The fraction of sp³-hybridized carbons (Fsp3) is 0. The maximum atomic E-state index is 12.0. The van der Waals surface area contributed by atoms with Gasteiger partial charge in [-0.2, -0.15) is 4.39 Å². The highest BCUT2D eigenvalue weighted by Gasteiger charge is 2.07. The van der Waals surface area contributed by atoms with E-state index in [1.54, 1.807) is 0 Å². The molecule has 0 saturated carbocycles. The van der Waals surface area contributed by atoms with E-state index in [0.29, 0.717) is 0 Å². The van der Waals surface area contributed by atoms with Crippen molar-refractivity contribution in [2.24, 2.45) is 5.14 Å². The summed E-state index contributed by atoms with van der Waals surface area (Å²) < 4.78 is 33.1. The zero-order valence-electron chi connectivity index (χ0n) is 5.23. The number of nitrogens with two attached hydrogens (primary N) is 1. The first-order chi connectivity index (χ1) is 5.00. The molecule has 1 rings (SSSR count). The lowest BCUT2D eigenvalue weighted by Gasteiger charge is -1.93. The van der Waals surface area contributed by atoms with E-state index in [2.05, 4.69) is 15.1 Å². The molecule has 1 aromatic rings. The van der Waals surface area contributed by atoms with Gasteiger partial charge in [0.05, 0.1) is 12.4 Å². The minimum Gasteiger partial charge on any atom is -0.225 e. The van der Waals surface area contributed by atoms with Crippen LogP contribution < -0.4 is 5.14 Å². The maximum absolute atomic E-state index is 12.0. The van der Waals surface area contributed by atoms with Crippen molar-refractivity contribution in [1.82, 2.24) is 9.97 Å². The van der Waals surface area contributed by atoms with E-state index in [0.717, 1.165) is 12.4 Å². The highest BCUT2D eigenvalue weighted by molar-refractivity contribution is 7.89. The molecule has 0 spiro atoms. The van der Waals surface area contributed by atoms with Crippen LogP contribution in [-0.2, 0) is 10.0 Å². The minimum atomic E-state index is -3.81. The van der Waals surface area contributed by atoms with Crippen LogP contribution in [0.15, 0.2) is 17.3 Å². The number of primary sulfonamides is 1. The second-order valence-electron chi connectivity index (χ2n) is 1.73. The smallest absolute Gasteiger partial charge is 0.225 e. The number of rotatable bonds is 1. The van der Waals surface area contributed by atoms with Gasteiger partial charge in [-0.15, -0.1) is 0 Å². The first-order valence-electron chi connectivity index (χ1n) is 2.50. The predicted molar refractivity (Wildman–Crippen MR) is 33.4 cm³/mol. The van der Waals surface area contributed by atoms with Crippen LogP contribution in [-0.4, -0.2) is 18.4 Å². The van der Waals surface area contributed by atoms with Crippen LogP contribution in [0, 0.1) is 6.08 Å². The van der Waals surface area contributed by atoms with Crippen molar-refractivity contribution in [3.63, 3.8) is 0 Å². The first kappa shape index (κ1) is 8.02. The van der Waals surface area contributed by atoms with Crippen molar-refractivity contribution in [3.8, 4) is 0 Å². The van der Waals surface area contributed by atoms with E-state index >= 15 is 0 Å². The minimum absolute atomic E-state index is 0.307. The molecule has 0 fully saturated rings. The molecule has 0 saturated heterocycles. The zero-order valence-corrected chi connectivity index (χ0v) is 6.05. The quantitative estimate of drug-likeness (QED) is 0.572. The van der Waals surface area contributed by atoms with Crippen molar-refractivity contribution in [2.75, 3.05) is 0 Å². The Morgan fingerprint density at radius 2 is 1.82 bits per heavy atom. The Balaban J connectivity index is 3.20. The summed E-state index contributed by atoms with van der Waals surface area (Å²) in [4.78, 5) is 5.71. The van der Waals surface area contributed by atoms with Crippen LogP contribution in [0.5, 0.6) is 0 Å². The average Bonchev–Trinajstić information content (AvgIpc) is 1.86. The number of hydrogen-bond acceptors (Lipinski definition) is 4. The summed E-state index contributed by atoms with van der Waals surface area (Å²) in [6, 6.07) is 0. The summed E-state index contributed by atoms with van der Waals surface area (Å²) in [6.07, 6.45) is 0.618. The summed E-state index contributed by atoms with van der Waals surface area (Å²) >= 11 is 0. The Bertz CT molecular complexity index is 346. The molecule has 0 radical (unpaired) electrons. The van der Waals surface area contributed by atoms with Gasteiger partial charge in [0.15, 0.2) is 0 Å². The molecule has 0 atom stereocenters. The fourth-order valence-corrected chi connectivity index (χ4v) is 0.847. The van der Waals surface area contributed by atoms with Crippen LogP contribution in [0.1, 0.15) is 0 Å². The molecule has 1 heterocycles. The molecule has 2 N–H and O–H groups in total. The molecule has 7 heteroatoms. The number of nitrogens with zero attached hydrogens (tertiary/aromatic N) is 2. The Kier molecular flexibility index (Phi) is 1.83. The monoisotopic (exact) mass is 177 g/mol. The van der Waals surface area contributed by atoms with Gasteiger partial charge in [0, 0.05) is 0 Å². The van der Waals surface area contributed by atoms with Gasteiger partial charge in [-0.25, -0.2) is 23.5 Å². The van der Waals surface area contributed by atoms with Gasteiger partial charge in [-0.1, -0.05) is 0 Å². The second kappa shape index (κ2) is 2.51. The van der Waals surface area contributed by atoms with Gasteiger partial charge in [0.1, 0.15) is 4.90 Å². The van der Waals surface area contributed by atoms with Crippen molar-refractivity contribution in [1.29, 1.82) is 0 Å². The van der Waals surface area contributed by atoms with Crippen LogP contribution in [0.2, 0.25) is 0 Å². The summed E-state index contributed by atoms with van der Waals surface area (Å²) in [5, 5.41) is 4.68. The molecule has 0 aliphatic heterocycles. The molecule has 0 aliphatic rings. The normalized spacial score (nSPS) is 11.5. The lowest BCUT2D eigenvalue weighted by Crippen LogP contribution is -2.13. The third kappa shape index (κ3) is 1.92. The standard InChI is InChI=1S/C4H4FN3O2S/c5-4-7-1-3(2-8-4)11(6,9)10/h1-2H,(H2,6,9,10). The molecular weight excluding hydrogens is 173 g/mol. The molecule has 1 aromatic heterocycles. The van der Waals surface area contributed by atoms with E-state index in [9.17, 15) is 12.8 Å². The van der Waals surface area contributed by atoms with Gasteiger partial charge in [0.25, 0.3) is 0 Å². The second-order valence-corrected chi connectivity index (χ2v) is 3.29. The van der Waals surface area contributed by atoms with Gasteiger partial charge < -0.3 is 0 Å². The van der Waals surface area contributed by atoms with Crippen molar-refractivity contribution in [2.45, 2.75) is 4.90 Å². The highest BCUT2D eigenvalue weighted by Crippen LogP contribution is 2.00. The van der Waals surface area contributed by atoms with E-state index in [1.807, 2.05) is 0 Å². The number of aromatic nitrogens is 2. The first-order valence-corrected chi connectivity index (χ1v) is 4.05. The molecule has 0 aliphatic carbocycles. The Labute approximate surface area is 62.1 Å². The van der Waals surface area contributed by atoms with Crippen molar-refractivity contribution < 1.29 is 12.8 Å². The number of halogens is 1. The summed E-state index contributed by atoms with van der Waals surface area (Å²) in [7, 11) is -3.81. The third-order valence-electron chi connectivity index (χ3n) is 0.925. The summed E-state index contributed by atoms with van der Waals surface area (Å²) in [5.41, 5.74) is 0. The molecule has 11 heavy (non-hydrogen) atoms. The molecule has 60 valence electrons. The number of hydrogen-bond donors (Lipinski definition) is 1. The van der Waals surface area contributed by atoms with E-state index in [1.165, 1.54) is 0 Å². The van der Waals surface area contributed by atoms with E-state index < -0.39 is 16.1 Å². The van der Waals surface area contributed by atoms with Crippen molar-refractivity contribution in [3.05, 3.63) is 18.5 Å². The van der Waals surface area contributed by atoms with Crippen LogP contribution >= 0.6 is 0 Å². The highest BCUT2D eigenvalue weighted by atomic mass is 32.2. The fourth-order valence-electron chi connectivity index (χ4n) is 0.447. The lowest BCUT2D eigenvalue weighted by atomic mass is 10.7. The topological polar surface area (TPSA) is 85.9 Å². The van der Waals surface area contributed by atoms with Crippen LogP contribution in [0.3, 0.4) is 0 Å². The van der Waals surface area contributed by atoms with Gasteiger partial charge in [0.2, 0.25) is 10.0 Å². The SMILES string of the molecule is NS(=O)(=O)c1cnc(F)nc1. The van der Waals surface area contributed by atoms with Crippen LogP contribution in [0.4, 0.5) is 4.39 Å². The maximum Gasteiger partial charge on any atom is 0.308 e. The average molecular weight is 177 g/mol. The largest absolute Gasteiger partial charge is 0.308 e. The predicted octanol–water partition coefficient (Wildman–Crippen LogP) is -0.737. The van der Waals surface area contributed by atoms with E-state index in [-0.39, 0.29) is 4.90 Å². The Hall–Kier alpha value is -1.08. The van der Waals surface area contributed by atoms with E-state index in [4.69, 9.17) is 0 Å². The van der Waals surface area contributed by atoms with Crippen LogP contribution in [0.25, 0.3) is 0 Å². The Morgan fingerprint density at radius 3 is 2.18 bits per heavy atom. The molecule has 0 aromatic carbocycles. The summed E-state index contributed by atoms with van der Waals surface area (Å²) in [5.74, 6) is 0. The molecule has 5 nitrogen and oxygen atoms in total. The lowest BCUT2D eigenvalue weighted by molar-refractivity contribution is 0.532. The van der Waals surface area contributed by atoms with Crippen molar-refractivity contribution >= 4 is 10.0 Å². The van der Waals surface area contributed by atoms with Gasteiger partial charge in [-0.3, -0.25) is 0 Å². The van der Waals surface area contributed by atoms with Gasteiger partial charge >= 0.3 is 6.08 Å². The molecule has 0 amide bonds. The molecular formula is C4H4FN3O2S. The summed E-state index contributed by atoms with van der Waals surface area (Å²) in [6.45, 7) is 0. The number of sulfonamides is 1.